The Morgan fingerprint density at radius 2 is 1.71 bits per heavy atom. The molecular formula is C40H53F3N6O9S. The van der Waals surface area contributed by atoms with Gasteiger partial charge in [0.2, 0.25) is 33.3 Å². The molecule has 59 heavy (non-hydrogen) atoms. The van der Waals surface area contributed by atoms with Gasteiger partial charge in [-0.2, -0.15) is 13.2 Å². The van der Waals surface area contributed by atoms with Gasteiger partial charge in [0.25, 0.3) is 11.5 Å². The van der Waals surface area contributed by atoms with E-state index in [1.54, 1.807) is 51.1 Å². The molecule has 4 aliphatic rings. The minimum absolute atomic E-state index is 0.0475. The quantitative estimate of drug-likeness (QED) is 0.315. The molecule has 0 bridgehead atoms. The molecule has 2 aromatic rings. The molecule has 3 heterocycles. The Labute approximate surface area is 340 Å². The van der Waals surface area contributed by atoms with Crippen molar-refractivity contribution >= 4 is 44.6 Å². The third-order valence-corrected chi connectivity index (χ3v) is 14.3. The number of carbonyl (C=O) groups excluding carboxylic acids is 4. The van der Waals surface area contributed by atoms with Gasteiger partial charge in [-0.05, 0) is 97.1 Å². The summed E-state index contributed by atoms with van der Waals surface area (Å²) in [6.45, 7) is 9.74. The summed E-state index contributed by atoms with van der Waals surface area (Å²) in [5, 5.41) is 10.3. The number of hydrogen-bond donors (Lipinski definition) is 3. The van der Waals surface area contributed by atoms with Gasteiger partial charge in [0.05, 0.1) is 28.1 Å². The maximum absolute atomic E-state index is 14.8. The van der Waals surface area contributed by atoms with E-state index in [9.17, 15) is 45.6 Å². The van der Waals surface area contributed by atoms with Crippen molar-refractivity contribution in [3.05, 3.63) is 46.8 Å². The van der Waals surface area contributed by atoms with Crippen LogP contribution < -0.4 is 25.7 Å². The number of alkyl halides is 3. The third-order valence-electron chi connectivity index (χ3n) is 12.1. The van der Waals surface area contributed by atoms with Gasteiger partial charge >= 0.3 is 12.3 Å². The topological polar surface area (TPSA) is 195 Å². The second-order valence-electron chi connectivity index (χ2n) is 17.7. The molecule has 19 heteroatoms. The summed E-state index contributed by atoms with van der Waals surface area (Å²) in [6.07, 6.45) is -1.65. The van der Waals surface area contributed by atoms with Crippen LogP contribution >= 0.6 is 0 Å². The standard InChI is InChI=1S/C40H53F3N6O9S/c1-22(2)49-33(51)28-15-11-10-14-27(28)32(46-49)57-26-19-29-31(50)45-39(35(53)47-59(55,56)38(7)16-17-38)20-25(39)13-9-8-12-23(3)18-24(4)30(34(52)48(29)21-26)44-36(54)58-37(5,6)40(41,42)43/h9-11,13-15,22-26,29-30H,8,12,16-21H2,1-7H3,(H,44,54)(H,45,50)(H,47,53)/b13-9-/t23-,24-,25-,26-,29+,30+,39-/m1/s1. The summed E-state index contributed by atoms with van der Waals surface area (Å²) in [5.41, 5.74) is -4.93. The molecule has 1 aromatic carbocycles. The number of aromatic nitrogens is 2. The SMILES string of the molecule is CC(C)n1nc(O[C@@H]2C[C@H]3C(=O)N[C@]4(C(=O)NS(=O)(=O)C5(C)CC5)C[C@H]4/C=C\CC[C@@H](C)C[C@@H](C)[C@H](NC(=O)OC(C)(C)C(F)(F)F)C(=O)N3C2)c2ccccc2c1=O. The molecule has 7 atom stereocenters. The number of nitrogens with one attached hydrogen (secondary N) is 3. The predicted octanol–water partition coefficient (Wildman–Crippen LogP) is 4.65. The van der Waals surface area contributed by atoms with Crippen molar-refractivity contribution in [2.75, 3.05) is 6.54 Å². The van der Waals surface area contributed by atoms with Gasteiger partial charge in [-0.25, -0.2) is 17.9 Å². The van der Waals surface area contributed by atoms with E-state index >= 15 is 0 Å². The van der Waals surface area contributed by atoms with Crippen LogP contribution in [0, 0.1) is 17.8 Å². The van der Waals surface area contributed by atoms with Crippen molar-refractivity contribution in [2.45, 2.75) is 140 Å². The first-order valence-corrected chi connectivity index (χ1v) is 21.5. The summed E-state index contributed by atoms with van der Waals surface area (Å²) in [5.74, 6) is -3.79. The molecule has 2 aliphatic carbocycles. The molecule has 6 rings (SSSR count). The summed E-state index contributed by atoms with van der Waals surface area (Å²) < 4.78 is 81.2. The fourth-order valence-electron chi connectivity index (χ4n) is 7.81. The van der Waals surface area contributed by atoms with Crippen LogP contribution in [0.5, 0.6) is 5.88 Å². The number of benzene rings is 1. The van der Waals surface area contributed by atoms with Crippen LogP contribution in [-0.4, -0.2) is 93.7 Å². The lowest BCUT2D eigenvalue weighted by Gasteiger charge is -2.34. The number of amides is 4. The van der Waals surface area contributed by atoms with E-state index in [1.165, 1.54) is 11.6 Å². The number of carbonyl (C=O) groups is 4. The predicted molar refractivity (Wildman–Crippen MR) is 209 cm³/mol. The number of rotatable bonds is 8. The summed E-state index contributed by atoms with van der Waals surface area (Å²) in [6, 6.07) is 3.43. The maximum atomic E-state index is 14.8. The van der Waals surface area contributed by atoms with Crippen molar-refractivity contribution in [2.24, 2.45) is 17.8 Å². The monoisotopic (exact) mass is 850 g/mol. The smallest absolute Gasteiger partial charge is 0.427 e. The van der Waals surface area contributed by atoms with Crippen molar-refractivity contribution in [1.82, 2.24) is 30.0 Å². The van der Waals surface area contributed by atoms with Gasteiger partial charge in [-0.1, -0.05) is 38.1 Å². The summed E-state index contributed by atoms with van der Waals surface area (Å²) >= 11 is 0. The normalized spacial score (nSPS) is 29.3. The first kappa shape index (κ1) is 43.9. The Bertz CT molecular complexity index is 2210. The van der Waals surface area contributed by atoms with Crippen LogP contribution in [0.15, 0.2) is 41.2 Å². The van der Waals surface area contributed by atoms with E-state index in [4.69, 9.17) is 9.47 Å². The Morgan fingerprint density at radius 3 is 2.34 bits per heavy atom. The highest BCUT2D eigenvalue weighted by Crippen LogP contribution is 2.47. The Kier molecular flexibility index (Phi) is 11.7. The lowest BCUT2D eigenvalue weighted by molar-refractivity contribution is -0.244. The maximum Gasteiger partial charge on any atom is 0.427 e. The number of fused-ring (bicyclic) bond motifs is 3. The molecule has 1 saturated heterocycles. The van der Waals surface area contributed by atoms with Gasteiger partial charge < -0.3 is 25.0 Å². The number of allylic oxidation sites excluding steroid dienone is 1. The first-order chi connectivity index (χ1) is 27.4. The number of hydrogen-bond acceptors (Lipinski definition) is 10. The van der Waals surface area contributed by atoms with Crippen LogP contribution in [0.1, 0.15) is 99.5 Å². The Balaban J connectivity index is 1.38. The molecular weight excluding hydrogens is 798 g/mol. The summed E-state index contributed by atoms with van der Waals surface area (Å²) in [7, 11) is -4.10. The first-order valence-electron chi connectivity index (χ1n) is 20.0. The van der Waals surface area contributed by atoms with Crippen LogP contribution in [0.4, 0.5) is 18.0 Å². The van der Waals surface area contributed by atoms with E-state index in [-0.39, 0.29) is 42.8 Å². The highest BCUT2D eigenvalue weighted by atomic mass is 32.2. The molecule has 0 unspecified atom stereocenters. The lowest BCUT2D eigenvalue weighted by atomic mass is 9.88. The molecule has 2 saturated carbocycles. The third kappa shape index (κ3) is 8.80. The van der Waals surface area contributed by atoms with Crippen molar-refractivity contribution in [3.8, 4) is 5.88 Å². The molecule has 4 amide bonds. The molecule has 1 aromatic heterocycles. The van der Waals surface area contributed by atoms with Gasteiger partial charge in [-0.15, -0.1) is 5.10 Å². The molecule has 0 spiro atoms. The minimum atomic E-state index is -4.93. The number of sulfonamides is 1. The average molecular weight is 851 g/mol. The second kappa shape index (κ2) is 15.7. The molecule has 2 aliphatic heterocycles. The zero-order chi connectivity index (χ0) is 43.5. The highest BCUT2D eigenvalue weighted by molar-refractivity contribution is 7.91. The Morgan fingerprint density at radius 1 is 1.05 bits per heavy atom. The second-order valence-corrected chi connectivity index (χ2v) is 19.9. The highest BCUT2D eigenvalue weighted by Gasteiger charge is 2.63. The van der Waals surface area contributed by atoms with Gasteiger partial charge in [0, 0.05) is 12.3 Å². The van der Waals surface area contributed by atoms with E-state index < -0.39 is 85.9 Å². The van der Waals surface area contributed by atoms with Crippen LogP contribution in [0.3, 0.4) is 0 Å². The Hall–Kier alpha value is -4.68. The lowest BCUT2D eigenvalue weighted by Crippen LogP contribution is -2.59. The van der Waals surface area contributed by atoms with Crippen LogP contribution in [-0.2, 0) is 29.1 Å². The van der Waals surface area contributed by atoms with Crippen molar-refractivity contribution in [1.29, 1.82) is 0 Å². The van der Waals surface area contributed by atoms with Crippen molar-refractivity contribution in [3.63, 3.8) is 0 Å². The number of nitrogens with zero attached hydrogens (tertiary/aromatic N) is 3. The zero-order valence-corrected chi connectivity index (χ0v) is 35.0. The molecule has 3 N–H and O–H groups in total. The number of ether oxygens (including phenoxy) is 2. The van der Waals surface area contributed by atoms with E-state index in [0.717, 1.165) is 4.90 Å². The fraction of sp³-hybridized carbons (Fsp3) is 0.650. The van der Waals surface area contributed by atoms with Gasteiger partial charge in [0.15, 0.2) is 0 Å². The van der Waals surface area contributed by atoms with Gasteiger partial charge in [0.1, 0.15) is 23.7 Å². The fourth-order valence-corrected chi connectivity index (χ4v) is 9.13. The van der Waals surface area contributed by atoms with Crippen LogP contribution in [0.25, 0.3) is 10.8 Å². The minimum Gasteiger partial charge on any atom is -0.471 e. The summed E-state index contributed by atoms with van der Waals surface area (Å²) in [4.78, 5) is 70.9. The van der Waals surface area contributed by atoms with E-state index in [0.29, 0.717) is 56.7 Å². The van der Waals surface area contributed by atoms with Crippen molar-refractivity contribution < 1.29 is 50.2 Å². The van der Waals surface area contributed by atoms with E-state index in [1.807, 2.05) is 13.0 Å². The van der Waals surface area contributed by atoms with E-state index in [2.05, 4.69) is 20.5 Å². The molecule has 15 nitrogen and oxygen atoms in total. The molecule has 3 fully saturated rings. The zero-order valence-electron chi connectivity index (χ0n) is 34.2. The number of halogens is 3. The molecule has 324 valence electrons. The average Bonchev–Trinajstić information content (AvgIpc) is 4.02. The largest absolute Gasteiger partial charge is 0.471 e. The molecule has 0 radical (unpaired) electrons. The van der Waals surface area contributed by atoms with Gasteiger partial charge in [-0.3, -0.25) is 23.9 Å². The number of alkyl carbamates (subject to hydrolysis) is 1. The van der Waals surface area contributed by atoms with Crippen LogP contribution in [0.2, 0.25) is 0 Å².